The number of hydrogen-bond acceptors (Lipinski definition) is 7. The van der Waals surface area contributed by atoms with E-state index in [0.29, 0.717) is 23.3 Å². The Balaban J connectivity index is 2.17. The van der Waals surface area contributed by atoms with Crippen LogP contribution >= 0.6 is 11.5 Å². The summed E-state index contributed by atoms with van der Waals surface area (Å²) in [5.74, 6) is -1.89. The van der Waals surface area contributed by atoms with Crippen LogP contribution in [0, 0.1) is 5.82 Å². The highest BCUT2D eigenvalue weighted by molar-refractivity contribution is 7.09. The summed E-state index contributed by atoms with van der Waals surface area (Å²) in [6.07, 6.45) is 0.627. The Hall–Kier alpha value is -3.99. The van der Waals surface area contributed by atoms with Crippen LogP contribution in [0.5, 0.6) is 5.75 Å². The highest BCUT2D eigenvalue weighted by Crippen LogP contribution is 2.31. The van der Waals surface area contributed by atoms with Crippen molar-refractivity contribution in [3.63, 3.8) is 0 Å². The molecule has 1 heterocycles. The SMILES string of the molecule is CCC(C)(C)NC(=O)[C@@H](c1ccc(F)cc1)N(Cc1cccc(OC)c1)C(=O)c1snc(C(N)=O)c1N. The average molecular weight is 528 g/mol. The number of hydrogen-bond donors (Lipinski definition) is 3. The fourth-order valence-corrected chi connectivity index (χ4v) is 4.38. The molecule has 0 saturated carbocycles. The molecule has 0 spiro atoms. The van der Waals surface area contributed by atoms with Gasteiger partial charge in [0.15, 0.2) is 5.69 Å². The van der Waals surface area contributed by atoms with E-state index in [9.17, 15) is 18.8 Å². The number of carbonyl (C=O) groups excluding carboxylic acids is 3. The molecule has 3 rings (SSSR count). The number of primary amides is 1. The minimum Gasteiger partial charge on any atom is -0.497 e. The summed E-state index contributed by atoms with van der Waals surface area (Å²) in [5, 5.41) is 2.98. The van der Waals surface area contributed by atoms with Crippen LogP contribution in [-0.4, -0.2) is 39.6 Å². The van der Waals surface area contributed by atoms with E-state index < -0.39 is 35.1 Å². The molecule has 0 radical (unpaired) electrons. The fraction of sp³-hybridized carbons (Fsp3) is 0.308. The monoisotopic (exact) mass is 527 g/mol. The fourth-order valence-electron chi connectivity index (χ4n) is 3.62. The summed E-state index contributed by atoms with van der Waals surface area (Å²) >= 11 is 0.720. The topological polar surface area (TPSA) is 141 Å². The van der Waals surface area contributed by atoms with Gasteiger partial charge in [-0.25, -0.2) is 4.39 Å². The van der Waals surface area contributed by atoms with Crippen molar-refractivity contribution in [3.05, 3.63) is 76.0 Å². The third-order valence-electron chi connectivity index (χ3n) is 5.99. The summed E-state index contributed by atoms with van der Waals surface area (Å²) in [6.45, 7) is 5.62. The molecule has 0 bridgehead atoms. The second-order valence-corrected chi connectivity index (χ2v) is 9.88. The standard InChI is InChI=1S/C26H30FN5O4S/c1-5-26(2,3)30-24(34)21(16-9-11-17(27)12-10-16)32(14-15-7-6-8-18(13-15)36-4)25(35)22-19(28)20(23(29)33)31-37-22/h6-13,21H,5,14,28H2,1-4H3,(H2,29,33)(H,30,34)/t21-/m1/s1. The number of aromatic nitrogens is 1. The molecule has 0 unspecified atom stereocenters. The Labute approximate surface area is 218 Å². The van der Waals surface area contributed by atoms with Crippen molar-refractivity contribution in [2.75, 3.05) is 12.8 Å². The van der Waals surface area contributed by atoms with Crippen molar-refractivity contribution in [1.82, 2.24) is 14.6 Å². The minimum absolute atomic E-state index is 0.0265. The maximum atomic E-state index is 14.0. The lowest BCUT2D eigenvalue weighted by atomic mass is 9.98. The molecule has 1 atom stereocenters. The minimum atomic E-state index is -1.16. The molecule has 196 valence electrons. The van der Waals surface area contributed by atoms with Gasteiger partial charge in [0.2, 0.25) is 5.91 Å². The van der Waals surface area contributed by atoms with Gasteiger partial charge in [0.1, 0.15) is 22.5 Å². The molecule has 11 heteroatoms. The first kappa shape index (κ1) is 27.6. The zero-order valence-corrected chi connectivity index (χ0v) is 21.9. The second-order valence-electron chi connectivity index (χ2n) is 9.10. The lowest BCUT2D eigenvalue weighted by molar-refractivity contribution is -0.127. The van der Waals surface area contributed by atoms with E-state index in [1.165, 1.54) is 36.3 Å². The van der Waals surface area contributed by atoms with Crippen LogP contribution in [0.25, 0.3) is 0 Å². The lowest BCUT2D eigenvalue weighted by Gasteiger charge is -2.34. The normalized spacial score (nSPS) is 12.0. The predicted molar refractivity (Wildman–Crippen MR) is 140 cm³/mol. The van der Waals surface area contributed by atoms with Crippen molar-refractivity contribution in [2.45, 2.75) is 45.3 Å². The molecule has 5 N–H and O–H groups in total. The number of amides is 3. The Morgan fingerprint density at radius 3 is 2.43 bits per heavy atom. The van der Waals surface area contributed by atoms with Crippen LogP contribution in [-0.2, 0) is 11.3 Å². The molecule has 1 aromatic heterocycles. The lowest BCUT2D eigenvalue weighted by Crippen LogP contribution is -2.50. The van der Waals surface area contributed by atoms with Crippen molar-refractivity contribution < 1.29 is 23.5 Å². The molecule has 0 saturated heterocycles. The van der Waals surface area contributed by atoms with Gasteiger partial charge in [-0.15, -0.1) is 0 Å². The predicted octanol–water partition coefficient (Wildman–Crippen LogP) is 3.66. The van der Waals surface area contributed by atoms with Crippen molar-refractivity contribution >= 4 is 34.9 Å². The summed E-state index contributed by atoms with van der Waals surface area (Å²) in [5.41, 5.74) is 11.5. The van der Waals surface area contributed by atoms with Crippen LogP contribution in [0.15, 0.2) is 48.5 Å². The number of methoxy groups -OCH3 is 1. The van der Waals surface area contributed by atoms with E-state index >= 15 is 0 Å². The van der Waals surface area contributed by atoms with Crippen LogP contribution < -0.4 is 21.5 Å². The zero-order valence-electron chi connectivity index (χ0n) is 21.1. The first-order valence-corrected chi connectivity index (χ1v) is 12.3. The van der Waals surface area contributed by atoms with Crippen LogP contribution in [0.1, 0.15) is 64.5 Å². The molecular formula is C26H30FN5O4S. The Kier molecular flexibility index (Phi) is 8.49. The van der Waals surface area contributed by atoms with Crippen LogP contribution in [0.3, 0.4) is 0 Å². The van der Waals surface area contributed by atoms with E-state index in [2.05, 4.69) is 9.69 Å². The number of ether oxygens (including phenoxy) is 1. The molecule has 0 aliphatic carbocycles. The van der Waals surface area contributed by atoms with Gasteiger partial charge in [-0.2, -0.15) is 4.37 Å². The molecule has 3 aromatic rings. The maximum Gasteiger partial charge on any atom is 0.270 e. The number of nitrogens with zero attached hydrogens (tertiary/aromatic N) is 2. The number of anilines is 1. The third-order valence-corrected chi connectivity index (χ3v) is 6.85. The molecule has 3 amide bonds. The zero-order chi connectivity index (χ0) is 27.3. The molecule has 0 fully saturated rings. The van der Waals surface area contributed by atoms with Gasteiger partial charge in [0.05, 0.1) is 12.8 Å². The van der Waals surface area contributed by atoms with Gasteiger partial charge in [-0.3, -0.25) is 14.4 Å². The Bertz CT molecular complexity index is 1290. The summed E-state index contributed by atoms with van der Waals surface area (Å²) in [4.78, 5) is 40.7. The molecular weight excluding hydrogens is 497 g/mol. The largest absolute Gasteiger partial charge is 0.497 e. The molecule has 2 aromatic carbocycles. The number of nitrogens with one attached hydrogen (secondary N) is 1. The van der Waals surface area contributed by atoms with Crippen molar-refractivity contribution in [2.24, 2.45) is 5.73 Å². The number of nitrogens with two attached hydrogens (primary N) is 2. The summed E-state index contributed by atoms with van der Waals surface area (Å²) in [7, 11) is 1.52. The molecule has 9 nitrogen and oxygen atoms in total. The van der Waals surface area contributed by atoms with Gasteiger partial charge >= 0.3 is 0 Å². The summed E-state index contributed by atoms with van der Waals surface area (Å²) in [6, 6.07) is 11.2. The van der Waals surface area contributed by atoms with E-state index in [-0.39, 0.29) is 22.8 Å². The Morgan fingerprint density at radius 2 is 1.86 bits per heavy atom. The highest BCUT2D eigenvalue weighted by atomic mass is 32.1. The van der Waals surface area contributed by atoms with Gasteiger partial charge in [-0.1, -0.05) is 31.2 Å². The van der Waals surface area contributed by atoms with E-state index in [4.69, 9.17) is 16.2 Å². The molecule has 0 aliphatic heterocycles. The molecule has 37 heavy (non-hydrogen) atoms. The Morgan fingerprint density at radius 1 is 1.19 bits per heavy atom. The van der Waals surface area contributed by atoms with Crippen LogP contribution in [0.2, 0.25) is 0 Å². The summed E-state index contributed by atoms with van der Waals surface area (Å²) < 4.78 is 23.1. The number of rotatable bonds is 10. The van der Waals surface area contributed by atoms with Gasteiger partial charge < -0.3 is 26.4 Å². The van der Waals surface area contributed by atoms with Gasteiger partial charge in [0.25, 0.3) is 11.8 Å². The van der Waals surface area contributed by atoms with E-state index in [0.717, 1.165) is 11.5 Å². The molecule has 0 aliphatic rings. The van der Waals surface area contributed by atoms with Gasteiger partial charge in [0, 0.05) is 12.1 Å². The smallest absolute Gasteiger partial charge is 0.270 e. The third kappa shape index (κ3) is 6.42. The maximum absolute atomic E-state index is 14.0. The van der Waals surface area contributed by atoms with Crippen molar-refractivity contribution in [3.8, 4) is 5.75 Å². The second kappa shape index (κ2) is 11.4. The van der Waals surface area contributed by atoms with E-state index in [1.807, 2.05) is 20.8 Å². The first-order valence-electron chi connectivity index (χ1n) is 11.5. The highest BCUT2D eigenvalue weighted by Gasteiger charge is 2.36. The first-order chi connectivity index (χ1) is 17.5. The van der Waals surface area contributed by atoms with Crippen LogP contribution in [0.4, 0.5) is 10.1 Å². The number of carbonyl (C=O) groups is 3. The number of nitrogen functional groups attached to an aromatic ring is 1. The van der Waals surface area contributed by atoms with Crippen molar-refractivity contribution in [1.29, 1.82) is 0 Å². The number of halogens is 1. The van der Waals surface area contributed by atoms with E-state index in [1.54, 1.807) is 24.3 Å². The number of benzene rings is 2. The average Bonchev–Trinajstić information content (AvgIpc) is 3.25. The quantitative estimate of drug-likeness (QED) is 0.368. The van der Waals surface area contributed by atoms with Gasteiger partial charge in [-0.05, 0) is 67.2 Å².